The van der Waals surface area contributed by atoms with E-state index in [0.29, 0.717) is 18.6 Å². The number of fused-ring (bicyclic) bond motifs is 1. The molecule has 1 aliphatic carbocycles. The van der Waals surface area contributed by atoms with Gasteiger partial charge in [-0.2, -0.15) is 0 Å². The van der Waals surface area contributed by atoms with Gasteiger partial charge in [-0.25, -0.2) is 4.98 Å². The summed E-state index contributed by atoms with van der Waals surface area (Å²) in [5, 5.41) is 0. The van der Waals surface area contributed by atoms with Crippen molar-refractivity contribution >= 4 is 11.5 Å². The fourth-order valence-corrected chi connectivity index (χ4v) is 3.48. The Morgan fingerprint density at radius 2 is 2.04 bits per heavy atom. The maximum absolute atomic E-state index is 12.5. The molecule has 0 radical (unpaired) electrons. The first-order valence-corrected chi connectivity index (χ1v) is 8.53. The zero-order chi connectivity index (χ0) is 18.0. The van der Waals surface area contributed by atoms with E-state index in [1.807, 2.05) is 12.1 Å². The molecule has 5 nitrogen and oxygen atoms in total. The minimum absolute atomic E-state index is 0.00799. The predicted octanol–water partition coefficient (Wildman–Crippen LogP) is 2.20. The lowest BCUT2D eigenvalue weighted by molar-refractivity contribution is -0.114. The SMILES string of the molecule is C#CC1=C(N2CCC(C)(OC)CC2)c2nc(COC)ccc2CC1=O. The Hall–Kier alpha value is -2.16. The third-order valence-corrected chi connectivity index (χ3v) is 5.19. The highest BCUT2D eigenvalue weighted by atomic mass is 16.5. The Morgan fingerprint density at radius 3 is 2.64 bits per heavy atom. The number of hydrogen-bond donors (Lipinski definition) is 0. The number of ether oxygens (including phenoxy) is 2. The monoisotopic (exact) mass is 340 g/mol. The van der Waals surface area contributed by atoms with Crippen LogP contribution in [0, 0.1) is 12.3 Å². The Kier molecular flexibility index (Phi) is 4.94. The summed E-state index contributed by atoms with van der Waals surface area (Å²) in [7, 11) is 3.39. The highest BCUT2D eigenvalue weighted by molar-refractivity contribution is 6.09. The number of pyridine rings is 1. The van der Waals surface area contributed by atoms with Crippen molar-refractivity contribution in [3.05, 3.63) is 34.7 Å². The largest absolute Gasteiger partial charge is 0.378 e. The van der Waals surface area contributed by atoms with Gasteiger partial charge in [0.1, 0.15) is 0 Å². The Balaban J connectivity index is 2.02. The highest BCUT2D eigenvalue weighted by Gasteiger charge is 2.35. The molecule has 2 heterocycles. The number of allylic oxidation sites excluding steroid dienone is 1. The predicted molar refractivity (Wildman–Crippen MR) is 95.6 cm³/mol. The van der Waals surface area contributed by atoms with E-state index in [1.54, 1.807) is 14.2 Å². The summed E-state index contributed by atoms with van der Waals surface area (Å²) in [6.07, 6.45) is 7.76. The molecule has 0 amide bonds. The Labute approximate surface area is 149 Å². The third-order valence-electron chi connectivity index (χ3n) is 5.19. The van der Waals surface area contributed by atoms with Crippen molar-refractivity contribution in [2.75, 3.05) is 27.3 Å². The number of hydrogen-bond acceptors (Lipinski definition) is 5. The molecule has 25 heavy (non-hydrogen) atoms. The van der Waals surface area contributed by atoms with E-state index >= 15 is 0 Å². The van der Waals surface area contributed by atoms with E-state index in [0.717, 1.165) is 48.6 Å². The second-order valence-electron chi connectivity index (χ2n) is 6.85. The van der Waals surface area contributed by atoms with Crippen molar-refractivity contribution < 1.29 is 14.3 Å². The summed E-state index contributed by atoms with van der Waals surface area (Å²) in [4.78, 5) is 19.5. The first kappa shape index (κ1) is 17.7. The van der Waals surface area contributed by atoms with Crippen LogP contribution in [0.3, 0.4) is 0 Å². The number of rotatable bonds is 4. The number of piperidine rings is 1. The molecule has 0 atom stereocenters. The summed E-state index contributed by atoms with van der Waals surface area (Å²) in [6.45, 7) is 4.12. The average Bonchev–Trinajstić information content (AvgIpc) is 2.62. The molecule has 0 N–H and O–H groups in total. The van der Waals surface area contributed by atoms with Crippen LogP contribution in [0.15, 0.2) is 17.7 Å². The van der Waals surface area contributed by atoms with E-state index in [-0.39, 0.29) is 11.4 Å². The van der Waals surface area contributed by atoms with Gasteiger partial charge >= 0.3 is 0 Å². The standard InChI is InChI=1S/C20H24N2O3/c1-5-16-17(23)12-14-6-7-15(13-24-3)21-18(14)19(16)22-10-8-20(2,25-4)9-11-22/h1,6-7H,8-13H2,2-4H3. The normalized spacial score (nSPS) is 19.6. The van der Waals surface area contributed by atoms with Crippen molar-refractivity contribution in [3.63, 3.8) is 0 Å². The molecular weight excluding hydrogens is 316 g/mol. The zero-order valence-corrected chi connectivity index (χ0v) is 15.1. The van der Waals surface area contributed by atoms with Gasteiger partial charge in [0.15, 0.2) is 5.78 Å². The minimum Gasteiger partial charge on any atom is -0.378 e. The van der Waals surface area contributed by atoms with Gasteiger partial charge in [0.05, 0.1) is 34.9 Å². The summed E-state index contributed by atoms with van der Waals surface area (Å²) in [5.74, 6) is 2.61. The van der Waals surface area contributed by atoms with Crippen LogP contribution in [0.5, 0.6) is 0 Å². The second-order valence-corrected chi connectivity index (χ2v) is 6.85. The molecule has 1 aromatic rings. The number of nitrogens with zero attached hydrogens (tertiary/aromatic N) is 2. The van der Waals surface area contributed by atoms with Crippen LogP contribution in [0.25, 0.3) is 5.70 Å². The molecule has 1 saturated heterocycles. The molecule has 1 aliphatic heterocycles. The van der Waals surface area contributed by atoms with E-state index in [4.69, 9.17) is 20.9 Å². The smallest absolute Gasteiger partial charge is 0.177 e. The number of carbonyl (C=O) groups is 1. The van der Waals surface area contributed by atoms with E-state index in [1.165, 1.54) is 0 Å². The molecule has 3 rings (SSSR count). The lowest BCUT2D eigenvalue weighted by Gasteiger charge is -2.41. The molecule has 0 saturated carbocycles. The van der Waals surface area contributed by atoms with Gasteiger partial charge < -0.3 is 14.4 Å². The number of methoxy groups -OCH3 is 2. The summed E-state index contributed by atoms with van der Waals surface area (Å²) < 4.78 is 10.8. The third kappa shape index (κ3) is 3.33. The summed E-state index contributed by atoms with van der Waals surface area (Å²) in [6, 6.07) is 3.87. The molecule has 0 unspecified atom stereocenters. The van der Waals surface area contributed by atoms with Crippen molar-refractivity contribution in [1.82, 2.24) is 9.88 Å². The van der Waals surface area contributed by atoms with Crippen LogP contribution in [0.1, 0.15) is 36.7 Å². The van der Waals surface area contributed by atoms with Crippen molar-refractivity contribution in [2.45, 2.75) is 38.4 Å². The highest BCUT2D eigenvalue weighted by Crippen LogP contribution is 2.35. The van der Waals surface area contributed by atoms with Crippen molar-refractivity contribution in [1.29, 1.82) is 0 Å². The molecule has 1 fully saturated rings. The van der Waals surface area contributed by atoms with Crippen LogP contribution in [0.2, 0.25) is 0 Å². The van der Waals surface area contributed by atoms with Crippen molar-refractivity contribution in [3.8, 4) is 12.3 Å². The average molecular weight is 340 g/mol. The molecule has 0 bridgehead atoms. The fraction of sp³-hybridized carbons (Fsp3) is 0.500. The van der Waals surface area contributed by atoms with Gasteiger partial charge in [-0.1, -0.05) is 12.0 Å². The van der Waals surface area contributed by atoms with Gasteiger partial charge in [-0.15, -0.1) is 6.42 Å². The van der Waals surface area contributed by atoms with Crippen molar-refractivity contribution in [2.24, 2.45) is 0 Å². The van der Waals surface area contributed by atoms with Crippen LogP contribution >= 0.6 is 0 Å². The Bertz CT molecular complexity index is 753. The van der Waals surface area contributed by atoms with Gasteiger partial charge in [0.25, 0.3) is 0 Å². The lowest BCUT2D eigenvalue weighted by atomic mass is 9.88. The van der Waals surface area contributed by atoms with E-state index in [2.05, 4.69) is 17.7 Å². The first-order chi connectivity index (χ1) is 12.0. The van der Waals surface area contributed by atoms with Gasteiger partial charge in [0.2, 0.25) is 0 Å². The number of carbonyl (C=O) groups excluding carboxylic acids is 1. The number of ketones is 1. The molecule has 0 aromatic carbocycles. The number of aromatic nitrogens is 1. The second kappa shape index (κ2) is 6.99. The molecule has 132 valence electrons. The van der Waals surface area contributed by atoms with Crippen LogP contribution in [0.4, 0.5) is 0 Å². The van der Waals surface area contributed by atoms with E-state index in [9.17, 15) is 4.79 Å². The number of Topliss-reactive ketones (excluding diaryl/α,β-unsaturated/α-hetero) is 1. The first-order valence-electron chi connectivity index (χ1n) is 8.53. The maximum Gasteiger partial charge on any atom is 0.177 e. The molecular formula is C20H24N2O3. The quantitative estimate of drug-likeness (QED) is 0.787. The molecule has 5 heteroatoms. The summed E-state index contributed by atoms with van der Waals surface area (Å²) >= 11 is 0. The molecule has 2 aliphatic rings. The lowest BCUT2D eigenvalue weighted by Crippen LogP contribution is -2.44. The maximum atomic E-state index is 12.5. The fourth-order valence-electron chi connectivity index (χ4n) is 3.48. The molecule has 0 spiro atoms. The summed E-state index contributed by atoms with van der Waals surface area (Å²) in [5.41, 5.74) is 3.70. The van der Waals surface area contributed by atoms with Crippen LogP contribution < -0.4 is 0 Å². The number of terminal acetylenes is 1. The van der Waals surface area contributed by atoms with Crippen LogP contribution in [-0.4, -0.2) is 48.6 Å². The van der Waals surface area contributed by atoms with Crippen LogP contribution in [-0.2, 0) is 27.3 Å². The zero-order valence-electron chi connectivity index (χ0n) is 15.1. The molecule has 1 aromatic heterocycles. The van der Waals surface area contributed by atoms with Gasteiger partial charge in [-0.3, -0.25) is 4.79 Å². The Morgan fingerprint density at radius 1 is 1.32 bits per heavy atom. The van der Waals surface area contributed by atoms with Gasteiger partial charge in [0, 0.05) is 33.7 Å². The van der Waals surface area contributed by atoms with Gasteiger partial charge in [-0.05, 0) is 31.4 Å². The topological polar surface area (TPSA) is 51.7 Å². The van der Waals surface area contributed by atoms with E-state index < -0.39 is 0 Å². The number of likely N-dealkylation sites (tertiary alicyclic amines) is 1. The minimum atomic E-state index is -0.125.